The Morgan fingerprint density at radius 2 is 2.31 bits per heavy atom. The molecule has 0 radical (unpaired) electrons. The zero-order valence-electron chi connectivity index (χ0n) is 8.41. The molecular weight excluding hydrogens is 162 g/mol. The summed E-state index contributed by atoms with van der Waals surface area (Å²) < 4.78 is 1.93. The van der Waals surface area contributed by atoms with Gasteiger partial charge in [-0.1, -0.05) is 6.92 Å². The fourth-order valence-electron chi connectivity index (χ4n) is 1.04. The molecule has 0 aliphatic rings. The van der Waals surface area contributed by atoms with E-state index < -0.39 is 0 Å². The van der Waals surface area contributed by atoms with Crippen LogP contribution in [-0.4, -0.2) is 9.78 Å². The molecule has 0 N–H and O–H groups in total. The summed E-state index contributed by atoms with van der Waals surface area (Å²) >= 11 is 0. The van der Waals surface area contributed by atoms with Crippen molar-refractivity contribution in [3.05, 3.63) is 18.0 Å². The highest BCUT2D eigenvalue weighted by molar-refractivity contribution is 5.05. The number of aromatic nitrogens is 2. The van der Waals surface area contributed by atoms with Crippen molar-refractivity contribution in [2.45, 2.75) is 39.2 Å². The third-order valence-electron chi connectivity index (χ3n) is 2.39. The molecule has 3 heteroatoms. The van der Waals surface area contributed by atoms with Gasteiger partial charge in [0.05, 0.1) is 23.7 Å². The second kappa shape index (κ2) is 3.61. The van der Waals surface area contributed by atoms with Crippen LogP contribution in [0.15, 0.2) is 12.3 Å². The van der Waals surface area contributed by atoms with Crippen molar-refractivity contribution in [3.8, 4) is 6.07 Å². The quantitative estimate of drug-likeness (QED) is 0.709. The number of hydrogen-bond donors (Lipinski definition) is 0. The molecule has 70 valence electrons. The Balaban J connectivity index is 2.86. The lowest BCUT2D eigenvalue weighted by Gasteiger charge is -2.23. The summed E-state index contributed by atoms with van der Waals surface area (Å²) in [5.74, 6) is 0. The standard InChI is InChI=1S/C10H15N3/c1-4-10(2,3)13-8-6-9(12-13)5-7-11/h6,8H,4-5H2,1-3H3. The summed E-state index contributed by atoms with van der Waals surface area (Å²) in [5, 5.41) is 12.8. The first-order valence-electron chi connectivity index (χ1n) is 4.52. The molecule has 1 aromatic heterocycles. The third-order valence-corrected chi connectivity index (χ3v) is 2.39. The second-order valence-corrected chi connectivity index (χ2v) is 3.75. The minimum atomic E-state index is 0.0493. The molecule has 1 aromatic rings. The normalized spacial score (nSPS) is 11.2. The molecular formula is C10H15N3. The molecule has 3 nitrogen and oxygen atoms in total. The van der Waals surface area contributed by atoms with Gasteiger partial charge in [0.1, 0.15) is 0 Å². The molecule has 13 heavy (non-hydrogen) atoms. The molecule has 0 saturated carbocycles. The van der Waals surface area contributed by atoms with Gasteiger partial charge >= 0.3 is 0 Å². The average Bonchev–Trinajstić information content (AvgIpc) is 2.54. The third kappa shape index (κ3) is 2.09. The smallest absolute Gasteiger partial charge is 0.0793 e. The van der Waals surface area contributed by atoms with Crippen molar-refractivity contribution in [1.29, 1.82) is 5.26 Å². The van der Waals surface area contributed by atoms with E-state index in [4.69, 9.17) is 5.26 Å². The highest BCUT2D eigenvalue weighted by atomic mass is 15.3. The first-order valence-corrected chi connectivity index (χ1v) is 4.52. The molecule has 0 aromatic carbocycles. The van der Waals surface area contributed by atoms with Gasteiger partial charge in [0.2, 0.25) is 0 Å². The predicted octanol–water partition coefficient (Wildman–Crippen LogP) is 2.09. The Morgan fingerprint density at radius 3 is 2.85 bits per heavy atom. The Hall–Kier alpha value is -1.30. The van der Waals surface area contributed by atoms with E-state index in [1.54, 1.807) is 0 Å². The van der Waals surface area contributed by atoms with E-state index in [2.05, 4.69) is 31.9 Å². The van der Waals surface area contributed by atoms with Crippen LogP contribution in [0, 0.1) is 11.3 Å². The van der Waals surface area contributed by atoms with Gasteiger partial charge in [-0.2, -0.15) is 10.4 Å². The maximum absolute atomic E-state index is 8.49. The van der Waals surface area contributed by atoms with Gasteiger partial charge in [0.15, 0.2) is 0 Å². The molecule has 0 aliphatic heterocycles. The summed E-state index contributed by atoms with van der Waals surface area (Å²) in [4.78, 5) is 0. The van der Waals surface area contributed by atoms with Crippen molar-refractivity contribution in [2.75, 3.05) is 0 Å². The molecule has 0 atom stereocenters. The van der Waals surface area contributed by atoms with Crippen molar-refractivity contribution < 1.29 is 0 Å². The molecule has 0 aliphatic carbocycles. The molecule has 1 rings (SSSR count). The van der Waals surface area contributed by atoms with E-state index in [0.29, 0.717) is 6.42 Å². The number of nitriles is 1. The predicted molar refractivity (Wildman–Crippen MR) is 51.2 cm³/mol. The molecule has 0 spiro atoms. The molecule has 1 heterocycles. The van der Waals surface area contributed by atoms with Gasteiger partial charge in [0.25, 0.3) is 0 Å². The van der Waals surface area contributed by atoms with Gasteiger partial charge in [-0.05, 0) is 26.3 Å². The number of hydrogen-bond acceptors (Lipinski definition) is 2. The van der Waals surface area contributed by atoms with Crippen LogP contribution in [0.2, 0.25) is 0 Å². The van der Waals surface area contributed by atoms with Crippen molar-refractivity contribution in [3.63, 3.8) is 0 Å². The second-order valence-electron chi connectivity index (χ2n) is 3.75. The van der Waals surface area contributed by atoms with Crippen LogP contribution in [0.3, 0.4) is 0 Å². The van der Waals surface area contributed by atoms with E-state index in [0.717, 1.165) is 12.1 Å². The fraction of sp³-hybridized carbons (Fsp3) is 0.600. The summed E-state index contributed by atoms with van der Waals surface area (Å²) in [6, 6.07) is 3.99. The SMILES string of the molecule is CCC(C)(C)n1ccc(CC#N)n1. The summed E-state index contributed by atoms with van der Waals surface area (Å²) in [6.07, 6.45) is 3.36. The van der Waals surface area contributed by atoms with E-state index in [1.807, 2.05) is 16.9 Å². The van der Waals surface area contributed by atoms with Crippen LogP contribution in [0.4, 0.5) is 0 Å². The zero-order valence-corrected chi connectivity index (χ0v) is 8.41. The summed E-state index contributed by atoms with van der Waals surface area (Å²) in [5.41, 5.74) is 0.900. The van der Waals surface area contributed by atoms with Crippen LogP contribution >= 0.6 is 0 Å². The van der Waals surface area contributed by atoms with Gasteiger partial charge in [-0.25, -0.2) is 0 Å². The van der Waals surface area contributed by atoms with Crippen LogP contribution in [-0.2, 0) is 12.0 Å². The lowest BCUT2D eigenvalue weighted by molar-refractivity contribution is 0.306. The van der Waals surface area contributed by atoms with E-state index in [9.17, 15) is 0 Å². The molecule has 0 unspecified atom stereocenters. The first-order chi connectivity index (χ1) is 6.10. The minimum Gasteiger partial charge on any atom is -0.267 e. The highest BCUT2D eigenvalue weighted by Gasteiger charge is 2.17. The van der Waals surface area contributed by atoms with Crippen molar-refractivity contribution >= 4 is 0 Å². The molecule has 0 saturated heterocycles. The van der Waals surface area contributed by atoms with Crippen molar-refractivity contribution in [2.24, 2.45) is 0 Å². The first kappa shape index (κ1) is 9.79. The fourth-order valence-corrected chi connectivity index (χ4v) is 1.04. The van der Waals surface area contributed by atoms with Crippen LogP contribution < -0.4 is 0 Å². The van der Waals surface area contributed by atoms with Crippen LogP contribution in [0.5, 0.6) is 0 Å². The molecule has 0 fully saturated rings. The average molecular weight is 177 g/mol. The Morgan fingerprint density at radius 1 is 1.62 bits per heavy atom. The largest absolute Gasteiger partial charge is 0.267 e. The van der Waals surface area contributed by atoms with Gasteiger partial charge < -0.3 is 0 Å². The lowest BCUT2D eigenvalue weighted by Crippen LogP contribution is -2.25. The topological polar surface area (TPSA) is 41.6 Å². The summed E-state index contributed by atoms with van der Waals surface area (Å²) in [7, 11) is 0. The van der Waals surface area contributed by atoms with E-state index >= 15 is 0 Å². The number of nitrogens with zero attached hydrogens (tertiary/aromatic N) is 3. The number of rotatable bonds is 3. The minimum absolute atomic E-state index is 0.0493. The summed E-state index contributed by atoms with van der Waals surface area (Å²) in [6.45, 7) is 6.40. The van der Waals surface area contributed by atoms with Gasteiger partial charge in [-0.3, -0.25) is 4.68 Å². The van der Waals surface area contributed by atoms with Crippen LogP contribution in [0.25, 0.3) is 0 Å². The Kier molecular flexibility index (Phi) is 2.72. The lowest BCUT2D eigenvalue weighted by atomic mass is 10.0. The maximum Gasteiger partial charge on any atom is 0.0793 e. The monoisotopic (exact) mass is 177 g/mol. The van der Waals surface area contributed by atoms with Gasteiger partial charge in [-0.15, -0.1) is 0 Å². The Labute approximate surface area is 79.0 Å². The zero-order chi connectivity index (χ0) is 9.90. The highest BCUT2D eigenvalue weighted by Crippen LogP contribution is 2.18. The van der Waals surface area contributed by atoms with Crippen LogP contribution in [0.1, 0.15) is 32.9 Å². The van der Waals surface area contributed by atoms with E-state index in [1.165, 1.54) is 0 Å². The maximum atomic E-state index is 8.49. The molecule has 0 amide bonds. The Bertz CT molecular complexity index is 317. The van der Waals surface area contributed by atoms with Crippen molar-refractivity contribution in [1.82, 2.24) is 9.78 Å². The molecule has 0 bridgehead atoms. The van der Waals surface area contributed by atoms with E-state index in [-0.39, 0.29) is 5.54 Å². The van der Waals surface area contributed by atoms with Gasteiger partial charge in [0, 0.05) is 6.20 Å².